The van der Waals surface area contributed by atoms with Gasteiger partial charge in [-0.25, -0.2) is 0 Å². The number of unbranched alkanes of at least 4 members (excludes halogenated alkanes) is 1. The largest absolute Gasteiger partial charge is 0.291 e. The molecule has 4 atom stereocenters. The van der Waals surface area contributed by atoms with E-state index in [9.17, 15) is 0 Å². The third-order valence-corrected chi connectivity index (χ3v) is 8.48. The predicted molar refractivity (Wildman–Crippen MR) is 138 cm³/mol. The van der Waals surface area contributed by atoms with Crippen LogP contribution in [0.1, 0.15) is 115 Å². The molecule has 30 heavy (non-hydrogen) atoms. The molecule has 0 aliphatic carbocycles. The first kappa shape index (κ1) is 29.9. The number of hydrogen-bond donors (Lipinski definition) is 0. The Morgan fingerprint density at radius 3 is 1.70 bits per heavy atom. The summed E-state index contributed by atoms with van der Waals surface area (Å²) in [7, 11) is 4.79. The normalized spacial score (nSPS) is 17.4. The summed E-state index contributed by atoms with van der Waals surface area (Å²) in [6.45, 7) is 27.7. The minimum Gasteiger partial charge on any atom is -0.291 e. The summed E-state index contributed by atoms with van der Waals surface area (Å²) < 4.78 is 0. The van der Waals surface area contributed by atoms with Crippen molar-refractivity contribution < 1.29 is 0 Å². The highest BCUT2D eigenvalue weighted by atomic mass is 15.3. The maximum Gasteiger partial charge on any atom is 0.0620 e. The lowest BCUT2D eigenvalue weighted by Crippen LogP contribution is -2.57. The van der Waals surface area contributed by atoms with Crippen LogP contribution >= 0.6 is 0 Å². The Hall–Kier alpha value is -0.0800. The minimum absolute atomic E-state index is 0.297. The molecule has 0 aromatic carbocycles. The molecule has 0 radical (unpaired) electrons. The van der Waals surface area contributed by atoms with Gasteiger partial charge in [0.15, 0.2) is 0 Å². The molecule has 4 unspecified atom stereocenters. The Morgan fingerprint density at radius 2 is 1.27 bits per heavy atom. The molecule has 0 saturated heterocycles. The molecule has 0 rings (SSSR count). The zero-order chi connectivity index (χ0) is 23.6. The van der Waals surface area contributed by atoms with E-state index in [1.54, 1.807) is 0 Å². The Bertz CT molecular complexity index is 426. The second-order valence-electron chi connectivity index (χ2n) is 12.1. The van der Waals surface area contributed by atoms with Crippen molar-refractivity contribution in [2.75, 3.05) is 20.6 Å². The van der Waals surface area contributed by atoms with Crippen LogP contribution < -0.4 is 0 Å². The first-order valence-corrected chi connectivity index (χ1v) is 13.2. The summed E-state index contributed by atoms with van der Waals surface area (Å²) in [5.41, 5.74) is 0.297. The maximum atomic E-state index is 2.76. The van der Waals surface area contributed by atoms with Crippen LogP contribution in [0.15, 0.2) is 0 Å². The molecule has 0 aliphatic heterocycles. The first-order valence-electron chi connectivity index (χ1n) is 13.2. The third kappa shape index (κ3) is 9.60. The molecule has 2 nitrogen and oxygen atoms in total. The van der Waals surface area contributed by atoms with Crippen molar-refractivity contribution in [1.82, 2.24) is 9.80 Å². The van der Waals surface area contributed by atoms with E-state index in [0.29, 0.717) is 29.5 Å². The van der Waals surface area contributed by atoms with Crippen LogP contribution in [0.3, 0.4) is 0 Å². The molecule has 2 heteroatoms. The van der Waals surface area contributed by atoms with E-state index in [2.05, 4.69) is 100 Å². The van der Waals surface area contributed by atoms with Gasteiger partial charge in [-0.2, -0.15) is 0 Å². The Kier molecular flexibility index (Phi) is 14.1. The van der Waals surface area contributed by atoms with E-state index >= 15 is 0 Å². The molecule has 0 N–H and O–H groups in total. The summed E-state index contributed by atoms with van der Waals surface area (Å²) in [6.07, 6.45) is 8.49. The van der Waals surface area contributed by atoms with Crippen LogP contribution in [-0.2, 0) is 0 Å². The SMILES string of the molecule is CCC(C)CCN(C)C(CCCCC(C)C(C)C)N(C)C(C(C)C)C(C)(C)C(C)C. The quantitative estimate of drug-likeness (QED) is 0.182. The average Bonchev–Trinajstić information content (AvgIpc) is 2.64. The Balaban J connectivity index is 5.40. The van der Waals surface area contributed by atoms with E-state index in [-0.39, 0.29) is 0 Å². The van der Waals surface area contributed by atoms with Gasteiger partial charge in [-0.05, 0) is 68.5 Å². The average molecular weight is 425 g/mol. The summed E-state index contributed by atoms with van der Waals surface area (Å²) in [6, 6.07) is 0.586. The van der Waals surface area contributed by atoms with Gasteiger partial charge in [-0.15, -0.1) is 0 Å². The van der Waals surface area contributed by atoms with Crippen molar-refractivity contribution in [3.8, 4) is 0 Å². The highest BCUT2D eigenvalue weighted by Gasteiger charge is 2.40. The zero-order valence-electron chi connectivity index (χ0n) is 23.4. The highest BCUT2D eigenvalue weighted by Crippen LogP contribution is 2.38. The van der Waals surface area contributed by atoms with Crippen LogP contribution in [0, 0.1) is 35.0 Å². The molecule has 0 heterocycles. The van der Waals surface area contributed by atoms with Crippen LogP contribution in [0.4, 0.5) is 0 Å². The summed E-state index contributed by atoms with van der Waals surface area (Å²) >= 11 is 0. The lowest BCUT2D eigenvalue weighted by atomic mass is 9.70. The molecule has 0 spiro atoms. The molecular weight excluding hydrogens is 364 g/mol. The molecule has 0 bridgehead atoms. The summed E-state index contributed by atoms with van der Waals surface area (Å²) in [4.78, 5) is 5.43. The minimum atomic E-state index is 0.297. The van der Waals surface area contributed by atoms with E-state index < -0.39 is 0 Å². The van der Waals surface area contributed by atoms with E-state index in [1.165, 1.54) is 45.1 Å². The molecule has 0 aliphatic rings. The topological polar surface area (TPSA) is 6.48 Å². The third-order valence-electron chi connectivity index (χ3n) is 8.48. The van der Waals surface area contributed by atoms with Gasteiger partial charge in [0.25, 0.3) is 0 Å². The zero-order valence-corrected chi connectivity index (χ0v) is 23.4. The predicted octanol–water partition coefficient (Wildman–Crippen LogP) is 8.17. The molecular formula is C28H60N2. The number of rotatable bonds is 16. The molecule has 0 aromatic rings. The molecule has 0 fully saturated rings. The number of hydrogen-bond acceptors (Lipinski definition) is 2. The second kappa shape index (κ2) is 14.1. The van der Waals surface area contributed by atoms with Gasteiger partial charge in [-0.3, -0.25) is 9.80 Å². The van der Waals surface area contributed by atoms with E-state index in [4.69, 9.17) is 0 Å². The standard InChI is InChI=1S/C28H60N2/c1-14-24(8)19-20-29(12)26(18-16-15-17-25(9)21(2)3)30(13)27(22(4)5)28(10,11)23(6)7/h21-27H,14-20H2,1-13H3. The lowest BCUT2D eigenvalue weighted by Gasteiger charge is -2.50. The molecule has 182 valence electrons. The van der Waals surface area contributed by atoms with Gasteiger partial charge in [0.05, 0.1) is 6.17 Å². The smallest absolute Gasteiger partial charge is 0.0620 e. The van der Waals surface area contributed by atoms with Gasteiger partial charge < -0.3 is 0 Å². The van der Waals surface area contributed by atoms with Crippen LogP contribution in [0.5, 0.6) is 0 Å². The first-order chi connectivity index (χ1) is 13.8. The highest BCUT2D eigenvalue weighted by molar-refractivity contribution is 4.91. The van der Waals surface area contributed by atoms with Gasteiger partial charge >= 0.3 is 0 Å². The van der Waals surface area contributed by atoms with Gasteiger partial charge in [0.2, 0.25) is 0 Å². The fraction of sp³-hybridized carbons (Fsp3) is 1.00. The Morgan fingerprint density at radius 1 is 0.733 bits per heavy atom. The van der Waals surface area contributed by atoms with Crippen LogP contribution in [0.25, 0.3) is 0 Å². The fourth-order valence-corrected chi connectivity index (χ4v) is 5.02. The monoisotopic (exact) mass is 424 g/mol. The van der Waals surface area contributed by atoms with Crippen molar-refractivity contribution in [1.29, 1.82) is 0 Å². The van der Waals surface area contributed by atoms with Crippen molar-refractivity contribution in [3.63, 3.8) is 0 Å². The lowest BCUT2D eigenvalue weighted by molar-refractivity contribution is -0.0400. The van der Waals surface area contributed by atoms with Gasteiger partial charge in [0.1, 0.15) is 0 Å². The second-order valence-corrected chi connectivity index (χ2v) is 12.1. The van der Waals surface area contributed by atoms with Crippen molar-refractivity contribution in [2.24, 2.45) is 35.0 Å². The van der Waals surface area contributed by atoms with Crippen LogP contribution in [-0.4, -0.2) is 42.6 Å². The van der Waals surface area contributed by atoms with Gasteiger partial charge in [-0.1, -0.05) is 102 Å². The van der Waals surface area contributed by atoms with E-state index in [1.807, 2.05) is 0 Å². The van der Waals surface area contributed by atoms with E-state index in [0.717, 1.165) is 17.8 Å². The number of nitrogens with zero attached hydrogens (tertiary/aromatic N) is 2. The van der Waals surface area contributed by atoms with Crippen molar-refractivity contribution in [3.05, 3.63) is 0 Å². The summed E-state index contributed by atoms with van der Waals surface area (Å²) in [5, 5.41) is 0. The van der Waals surface area contributed by atoms with Gasteiger partial charge in [0, 0.05) is 6.04 Å². The molecule has 0 saturated carbocycles. The fourth-order valence-electron chi connectivity index (χ4n) is 5.02. The van der Waals surface area contributed by atoms with Crippen molar-refractivity contribution in [2.45, 2.75) is 127 Å². The molecule has 0 amide bonds. The Labute approximate surface area is 192 Å². The summed E-state index contributed by atoms with van der Waals surface area (Å²) in [5.74, 6) is 3.79. The van der Waals surface area contributed by atoms with Crippen molar-refractivity contribution >= 4 is 0 Å². The maximum absolute atomic E-state index is 2.76. The molecule has 0 aromatic heterocycles. The van der Waals surface area contributed by atoms with Crippen LogP contribution in [0.2, 0.25) is 0 Å².